The van der Waals surface area contributed by atoms with Gasteiger partial charge in [0.15, 0.2) is 4.80 Å². The fraction of sp³-hybridized carbons (Fsp3) is 0.179. The second-order valence-corrected chi connectivity index (χ2v) is 12.4. The second kappa shape index (κ2) is 10.1. The quantitative estimate of drug-likeness (QED) is 0.325. The molecule has 1 aliphatic rings. The first-order valence-corrected chi connectivity index (χ1v) is 14.0. The van der Waals surface area contributed by atoms with Gasteiger partial charge in [0.1, 0.15) is 0 Å². The molecule has 0 bridgehead atoms. The number of nitrogens with one attached hydrogen (secondary N) is 1. The van der Waals surface area contributed by atoms with Gasteiger partial charge in [0.25, 0.3) is 11.5 Å². The highest BCUT2D eigenvalue weighted by atomic mass is 79.9. The minimum absolute atomic E-state index is 0.154. The van der Waals surface area contributed by atoms with Crippen LogP contribution in [0.3, 0.4) is 0 Å². The number of hydrogen-bond donors (Lipinski definition) is 1. The van der Waals surface area contributed by atoms with E-state index < -0.39 is 6.04 Å². The van der Waals surface area contributed by atoms with Crippen molar-refractivity contribution in [3.05, 3.63) is 117 Å². The fourth-order valence-electron chi connectivity index (χ4n) is 4.25. The molecule has 0 saturated carbocycles. The summed E-state index contributed by atoms with van der Waals surface area (Å²) in [5, 5.41) is 2.99. The van der Waals surface area contributed by atoms with E-state index in [0.29, 0.717) is 32.2 Å². The number of aromatic nitrogens is 1. The summed E-state index contributed by atoms with van der Waals surface area (Å²) in [6.45, 7) is 6.12. The van der Waals surface area contributed by atoms with Crippen molar-refractivity contribution in [1.29, 1.82) is 0 Å². The van der Waals surface area contributed by atoms with Crippen LogP contribution in [0.2, 0.25) is 0 Å². The average molecular weight is 579 g/mol. The first-order chi connectivity index (χ1) is 17.3. The van der Waals surface area contributed by atoms with Gasteiger partial charge in [-0.15, -0.1) is 11.3 Å². The normalized spacial score (nSPS) is 15.7. The van der Waals surface area contributed by atoms with E-state index in [2.05, 4.69) is 47.2 Å². The van der Waals surface area contributed by atoms with Crippen molar-refractivity contribution >= 4 is 56.3 Å². The smallest absolute Gasteiger partial charge is 0.271 e. The molecule has 8 heteroatoms. The maximum Gasteiger partial charge on any atom is 0.271 e. The van der Waals surface area contributed by atoms with Crippen LogP contribution in [-0.4, -0.2) is 10.5 Å². The van der Waals surface area contributed by atoms with Gasteiger partial charge in [0.2, 0.25) is 0 Å². The molecule has 0 aliphatic carbocycles. The lowest BCUT2D eigenvalue weighted by atomic mass is 9.93. The summed E-state index contributed by atoms with van der Waals surface area (Å²) in [5.41, 5.74) is 3.68. The summed E-state index contributed by atoms with van der Waals surface area (Å²) in [7, 11) is 0. The van der Waals surface area contributed by atoms with E-state index in [0.717, 1.165) is 14.2 Å². The number of amides is 1. The molecule has 0 unspecified atom stereocenters. The van der Waals surface area contributed by atoms with Gasteiger partial charge < -0.3 is 5.32 Å². The molecule has 5 nitrogen and oxygen atoms in total. The fourth-order valence-corrected chi connectivity index (χ4v) is 6.72. The molecule has 1 aliphatic heterocycles. The molecule has 36 heavy (non-hydrogen) atoms. The van der Waals surface area contributed by atoms with Crippen molar-refractivity contribution in [3.63, 3.8) is 0 Å². The minimum atomic E-state index is -0.580. The number of thiophene rings is 1. The number of carbonyl (C=O) groups excluding carboxylic acids is 1. The number of nitrogens with zero attached hydrogens (tertiary/aromatic N) is 2. The molecule has 4 aromatic rings. The number of halogens is 1. The lowest BCUT2D eigenvalue weighted by molar-refractivity contribution is -0.113. The monoisotopic (exact) mass is 577 g/mol. The summed E-state index contributed by atoms with van der Waals surface area (Å²) in [6, 6.07) is 20.9. The van der Waals surface area contributed by atoms with E-state index in [4.69, 9.17) is 4.99 Å². The van der Waals surface area contributed by atoms with Crippen molar-refractivity contribution in [3.8, 4) is 0 Å². The molecule has 1 amide bonds. The number of thiazole rings is 1. The minimum Gasteiger partial charge on any atom is -0.322 e. The Labute approximate surface area is 225 Å². The van der Waals surface area contributed by atoms with Gasteiger partial charge in [0, 0.05) is 10.6 Å². The Morgan fingerprint density at radius 3 is 2.42 bits per heavy atom. The number of rotatable bonds is 5. The standard InChI is InChI=1S/C28H24BrN3O2S2/c1-16(2)18-9-11-19(12-10-18)25-24(26(33)31-20-7-5-4-6-8-20)17(3)30-28-32(25)27(34)22(36-28)15-21-13-14-23(29)35-21/h4-16,25H,1-3H3,(H,31,33)/b22-15+/t25-/m0/s1. The third kappa shape index (κ3) is 4.81. The molecule has 0 radical (unpaired) electrons. The molecule has 0 saturated heterocycles. The van der Waals surface area contributed by atoms with E-state index in [-0.39, 0.29) is 11.5 Å². The highest BCUT2D eigenvalue weighted by molar-refractivity contribution is 9.11. The zero-order valence-electron chi connectivity index (χ0n) is 20.0. The zero-order valence-corrected chi connectivity index (χ0v) is 23.2. The second-order valence-electron chi connectivity index (χ2n) is 8.87. The van der Waals surface area contributed by atoms with Crippen LogP contribution in [0.5, 0.6) is 0 Å². The Bertz CT molecular complexity index is 1650. The van der Waals surface area contributed by atoms with E-state index in [1.54, 1.807) is 15.9 Å². The van der Waals surface area contributed by atoms with Crippen molar-refractivity contribution in [1.82, 2.24) is 4.57 Å². The SMILES string of the molecule is CC1=C(C(=O)Nc2ccccc2)[C@H](c2ccc(C(C)C)cc2)n2c(s/c(=C/c3ccc(Br)s3)c2=O)=N1. The van der Waals surface area contributed by atoms with Gasteiger partial charge in [-0.2, -0.15) is 0 Å². The van der Waals surface area contributed by atoms with Crippen molar-refractivity contribution < 1.29 is 4.79 Å². The number of benzene rings is 2. The van der Waals surface area contributed by atoms with E-state index in [1.807, 2.05) is 67.6 Å². The molecule has 182 valence electrons. The molecule has 2 aromatic carbocycles. The third-order valence-electron chi connectivity index (χ3n) is 6.08. The number of para-hydroxylation sites is 1. The Hall–Kier alpha value is -3.07. The topological polar surface area (TPSA) is 63.5 Å². The van der Waals surface area contributed by atoms with Crippen LogP contribution in [-0.2, 0) is 4.79 Å². The highest BCUT2D eigenvalue weighted by Gasteiger charge is 2.32. The zero-order chi connectivity index (χ0) is 25.4. The number of hydrogen-bond acceptors (Lipinski definition) is 5. The van der Waals surface area contributed by atoms with Crippen LogP contribution in [0.4, 0.5) is 5.69 Å². The van der Waals surface area contributed by atoms with Gasteiger partial charge >= 0.3 is 0 Å². The molecular formula is C28H24BrN3O2S2. The van der Waals surface area contributed by atoms with E-state index in [9.17, 15) is 9.59 Å². The largest absolute Gasteiger partial charge is 0.322 e. The lowest BCUT2D eigenvalue weighted by Gasteiger charge is -2.25. The average Bonchev–Trinajstić information content (AvgIpc) is 3.41. The van der Waals surface area contributed by atoms with Gasteiger partial charge in [-0.3, -0.25) is 14.2 Å². The molecule has 0 spiro atoms. The first kappa shape index (κ1) is 24.6. The number of fused-ring (bicyclic) bond motifs is 1. The third-order valence-corrected chi connectivity index (χ3v) is 8.64. The van der Waals surface area contributed by atoms with Gasteiger partial charge in [-0.1, -0.05) is 67.6 Å². The van der Waals surface area contributed by atoms with Crippen LogP contribution in [0.1, 0.15) is 48.7 Å². The summed E-state index contributed by atoms with van der Waals surface area (Å²) in [5.74, 6) is 0.112. The summed E-state index contributed by atoms with van der Waals surface area (Å²) in [6.07, 6.45) is 1.89. The number of allylic oxidation sites excluding steroid dienone is 1. The highest BCUT2D eigenvalue weighted by Crippen LogP contribution is 2.31. The first-order valence-electron chi connectivity index (χ1n) is 11.6. The summed E-state index contributed by atoms with van der Waals surface area (Å²) < 4.78 is 3.25. The Kier molecular flexibility index (Phi) is 6.92. The summed E-state index contributed by atoms with van der Waals surface area (Å²) in [4.78, 5) is 33.6. The predicted octanol–water partition coefficient (Wildman–Crippen LogP) is 5.82. The van der Waals surface area contributed by atoms with Crippen molar-refractivity contribution in [2.45, 2.75) is 32.7 Å². The molecule has 3 heterocycles. The Morgan fingerprint density at radius 1 is 1.06 bits per heavy atom. The van der Waals surface area contributed by atoms with Crippen LogP contribution in [0.15, 0.2) is 91.6 Å². The number of carbonyl (C=O) groups is 1. The van der Waals surface area contributed by atoms with Crippen LogP contribution in [0.25, 0.3) is 6.08 Å². The van der Waals surface area contributed by atoms with Crippen LogP contribution >= 0.6 is 38.6 Å². The molecule has 2 aromatic heterocycles. The molecule has 1 atom stereocenters. The van der Waals surface area contributed by atoms with Crippen molar-refractivity contribution in [2.24, 2.45) is 4.99 Å². The van der Waals surface area contributed by atoms with E-state index >= 15 is 0 Å². The predicted molar refractivity (Wildman–Crippen MR) is 151 cm³/mol. The van der Waals surface area contributed by atoms with Gasteiger partial charge in [0.05, 0.1) is 25.6 Å². The molecular weight excluding hydrogens is 554 g/mol. The maximum atomic E-state index is 13.7. The Morgan fingerprint density at radius 2 is 1.78 bits per heavy atom. The molecule has 5 rings (SSSR count). The molecule has 1 N–H and O–H groups in total. The van der Waals surface area contributed by atoms with E-state index in [1.165, 1.54) is 16.9 Å². The van der Waals surface area contributed by atoms with Crippen LogP contribution in [0, 0.1) is 0 Å². The summed E-state index contributed by atoms with van der Waals surface area (Å²) >= 11 is 6.39. The van der Waals surface area contributed by atoms with Crippen LogP contribution < -0.4 is 20.2 Å². The van der Waals surface area contributed by atoms with Gasteiger partial charge in [-0.25, -0.2) is 4.99 Å². The van der Waals surface area contributed by atoms with Gasteiger partial charge in [-0.05, 0) is 70.2 Å². The maximum absolute atomic E-state index is 13.7. The lowest BCUT2D eigenvalue weighted by Crippen LogP contribution is -2.40. The van der Waals surface area contributed by atoms with Crippen molar-refractivity contribution in [2.75, 3.05) is 5.32 Å². The number of anilines is 1. The molecule has 0 fully saturated rings. The Balaban J connectivity index is 1.67.